The first-order valence-corrected chi connectivity index (χ1v) is 11.3. The van der Waals surface area contributed by atoms with Crippen LogP contribution in [-0.4, -0.2) is 34.1 Å². The number of ether oxygens (including phenoxy) is 1. The van der Waals surface area contributed by atoms with Crippen LogP contribution in [0.2, 0.25) is 10.0 Å². The van der Waals surface area contributed by atoms with Gasteiger partial charge in [0, 0.05) is 30.1 Å². The lowest BCUT2D eigenvalue weighted by molar-refractivity contribution is -0.385. The van der Waals surface area contributed by atoms with Gasteiger partial charge in [0.1, 0.15) is 11.3 Å². The van der Waals surface area contributed by atoms with Crippen molar-refractivity contribution in [3.8, 4) is 16.2 Å². The molecule has 1 heterocycles. The van der Waals surface area contributed by atoms with Crippen LogP contribution in [0.25, 0.3) is 10.4 Å². The maximum Gasteiger partial charge on any atom is 0.342 e. The van der Waals surface area contributed by atoms with Gasteiger partial charge in [0.15, 0.2) is 5.75 Å². The maximum atomic E-state index is 13.3. The molecule has 1 N–H and O–H groups in total. The summed E-state index contributed by atoms with van der Waals surface area (Å²) in [6, 6.07) is 7.72. The van der Waals surface area contributed by atoms with E-state index in [1.54, 1.807) is 18.2 Å². The Balaban J connectivity index is 2.16. The molecule has 1 aromatic heterocycles. The van der Waals surface area contributed by atoms with Gasteiger partial charge in [0.2, 0.25) is 0 Å². The molecule has 0 saturated heterocycles. The van der Waals surface area contributed by atoms with Crippen LogP contribution in [0.5, 0.6) is 5.75 Å². The molecule has 10 nitrogen and oxygen atoms in total. The molecular weight excluding hydrogens is 521 g/mol. The molecule has 0 bridgehead atoms. The molecular formula is C22H15Cl2N3O7S. The van der Waals surface area contributed by atoms with Crippen molar-refractivity contribution in [1.29, 1.82) is 0 Å². The van der Waals surface area contributed by atoms with Crippen LogP contribution in [0, 0.1) is 10.1 Å². The van der Waals surface area contributed by atoms with Crippen molar-refractivity contribution in [2.24, 2.45) is 5.10 Å². The van der Waals surface area contributed by atoms with Crippen LogP contribution in [0.3, 0.4) is 0 Å². The molecule has 0 atom stereocenters. The highest BCUT2D eigenvalue weighted by atomic mass is 35.5. The van der Waals surface area contributed by atoms with E-state index in [1.807, 2.05) is 0 Å². The number of anilines is 1. The van der Waals surface area contributed by atoms with Gasteiger partial charge in [-0.1, -0.05) is 29.3 Å². The van der Waals surface area contributed by atoms with Gasteiger partial charge >= 0.3 is 11.9 Å². The number of carboxylic acids is 1. The Morgan fingerprint density at radius 1 is 1.17 bits per heavy atom. The molecule has 0 aliphatic carbocycles. The lowest BCUT2D eigenvalue weighted by atomic mass is 10.1. The van der Waals surface area contributed by atoms with Gasteiger partial charge in [0.25, 0.3) is 11.6 Å². The summed E-state index contributed by atoms with van der Waals surface area (Å²) in [5.74, 6) is -2.99. The van der Waals surface area contributed by atoms with Crippen LogP contribution in [0.1, 0.15) is 34.6 Å². The number of hydrogen-bond donors (Lipinski definition) is 1. The summed E-state index contributed by atoms with van der Waals surface area (Å²) >= 11 is 13.3. The summed E-state index contributed by atoms with van der Waals surface area (Å²) in [7, 11) is 0. The molecule has 180 valence electrons. The highest BCUT2D eigenvalue weighted by molar-refractivity contribution is 7.14. The van der Waals surface area contributed by atoms with Crippen molar-refractivity contribution in [2.75, 3.05) is 5.01 Å². The Kier molecular flexibility index (Phi) is 7.85. The summed E-state index contributed by atoms with van der Waals surface area (Å²) in [6.45, 7) is 2.72. The summed E-state index contributed by atoms with van der Waals surface area (Å²) in [6.07, 6.45) is 1.30. The van der Waals surface area contributed by atoms with Crippen molar-refractivity contribution in [3.63, 3.8) is 0 Å². The third-order valence-corrected chi connectivity index (χ3v) is 6.22. The third kappa shape index (κ3) is 5.48. The minimum absolute atomic E-state index is 0.0106. The molecule has 0 aliphatic rings. The van der Waals surface area contributed by atoms with Gasteiger partial charge in [-0.05, 0) is 36.8 Å². The zero-order valence-corrected chi connectivity index (χ0v) is 20.3. The van der Waals surface area contributed by atoms with E-state index in [2.05, 4.69) is 5.10 Å². The number of hydrogen-bond acceptors (Lipinski definition) is 8. The van der Waals surface area contributed by atoms with Crippen LogP contribution < -0.4 is 9.75 Å². The number of nitrogens with zero attached hydrogens (tertiary/aromatic N) is 3. The zero-order chi connectivity index (χ0) is 25.9. The van der Waals surface area contributed by atoms with E-state index < -0.39 is 34.0 Å². The first-order chi connectivity index (χ1) is 16.5. The second-order valence-corrected chi connectivity index (χ2v) is 8.48. The molecule has 0 unspecified atom stereocenters. The molecule has 35 heavy (non-hydrogen) atoms. The molecule has 0 saturated carbocycles. The average molecular weight is 536 g/mol. The van der Waals surface area contributed by atoms with Crippen LogP contribution in [-0.2, 0) is 4.79 Å². The highest BCUT2D eigenvalue weighted by Gasteiger charge is 2.29. The molecule has 0 fully saturated rings. The zero-order valence-electron chi connectivity index (χ0n) is 18.0. The Hall–Kier alpha value is -3.80. The summed E-state index contributed by atoms with van der Waals surface area (Å²) in [4.78, 5) is 47.4. The molecule has 0 spiro atoms. The molecule has 2 aromatic carbocycles. The van der Waals surface area contributed by atoms with E-state index in [9.17, 15) is 29.6 Å². The van der Waals surface area contributed by atoms with Gasteiger partial charge in [0.05, 0.1) is 19.8 Å². The second kappa shape index (κ2) is 10.6. The van der Waals surface area contributed by atoms with Gasteiger partial charge in [-0.2, -0.15) is 10.1 Å². The highest BCUT2D eigenvalue weighted by Crippen LogP contribution is 2.46. The first kappa shape index (κ1) is 25.8. The van der Waals surface area contributed by atoms with E-state index in [1.165, 1.54) is 25.4 Å². The Bertz CT molecular complexity index is 1390. The van der Waals surface area contributed by atoms with E-state index in [0.717, 1.165) is 34.5 Å². The molecule has 3 rings (SSSR count). The van der Waals surface area contributed by atoms with Crippen LogP contribution >= 0.6 is 34.5 Å². The number of carboxylic acid groups (broad SMARTS) is 1. The van der Waals surface area contributed by atoms with Crippen molar-refractivity contribution in [3.05, 3.63) is 73.1 Å². The van der Waals surface area contributed by atoms with E-state index in [0.29, 0.717) is 15.5 Å². The lowest BCUT2D eigenvalue weighted by Crippen LogP contribution is -2.26. The number of nitro benzene ring substituents is 1. The topological polar surface area (TPSA) is 139 Å². The lowest BCUT2D eigenvalue weighted by Gasteiger charge is -2.18. The monoisotopic (exact) mass is 535 g/mol. The van der Waals surface area contributed by atoms with Crippen molar-refractivity contribution >= 4 is 70.0 Å². The van der Waals surface area contributed by atoms with Gasteiger partial charge < -0.3 is 9.84 Å². The summed E-state index contributed by atoms with van der Waals surface area (Å²) < 4.78 is 5.41. The minimum Gasteiger partial charge on any atom is -0.477 e. The number of halogens is 2. The Morgan fingerprint density at radius 3 is 2.46 bits per heavy atom. The Morgan fingerprint density at radius 2 is 1.89 bits per heavy atom. The van der Waals surface area contributed by atoms with E-state index in [4.69, 9.17) is 27.9 Å². The molecule has 13 heteroatoms. The van der Waals surface area contributed by atoms with Gasteiger partial charge in [-0.3, -0.25) is 19.7 Å². The SMILES string of the molecule is CC=NN(C(=O)c1ccc(C(=O)O)c([N+](=O)[O-])c1)c1csc(-c2ccc(Cl)c(Cl)c2)c1OC(C)=O. The third-order valence-electron chi connectivity index (χ3n) is 4.48. The number of hydrazone groups is 1. The van der Waals surface area contributed by atoms with Crippen molar-refractivity contribution in [1.82, 2.24) is 0 Å². The smallest absolute Gasteiger partial charge is 0.342 e. The molecule has 3 aromatic rings. The number of carbonyl (C=O) groups excluding carboxylic acids is 2. The number of carbonyl (C=O) groups is 3. The largest absolute Gasteiger partial charge is 0.477 e. The van der Waals surface area contributed by atoms with Gasteiger partial charge in [-0.15, -0.1) is 11.3 Å². The second-order valence-electron chi connectivity index (χ2n) is 6.79. The standard InChI is InChI=1S/C22H15Cl2N3O7S/c1-3-25-26(21(29)13-4-6-14(22(30)31)17(9-13)27(32)33)18-10-35-20(19(18)34-11(2)28)12-5-7-15(23)16(24)8-12/h3-10H,1-2H3,(H,30,31). The number of amides is 1. The van der Waals surface area contributed by atoms with Crippen LogP contribution in [0.4, 0.5) is 11.4 Å². The number of thiophene rings is 1. The summed E-state index contributed by atoms with van der Waals surface area (Å²) in [5, 5.41) is 27.6. The fourth-order valence-electron chi connectivity index (χ4n) is 3.02. The number of aromatic carboxylic acids is 1. The number of benzene rings is 2. The molecule has 0 aliphatic heterocycles. The first-order valence-electron chi connectivity index (χ1n) is 9.65. The number of rotatable bonds is 7. The van der Waals surface area contributed by atoms with Gasteiger partial charge in [-0.25, -0.2) is 4.79 Å². The average Bonchev–Trinajstić information content (AvgIpc) is 3.20. The molecule has 1 amide bonds. The molecule has 0 radical (unpaired) electrons. The predicted molar refractivity (Wildman–Crippen MR) is 132 cm³/mol. The minimum atomic E-state index is -1.51. The van der Waals surface area contributed by atoms with Crippen molar-refractivity contribution < 1.29 is 29.2 Å². The maximum absolute atomic E-state index is 13.3. The Labute approximate surface area is 212 Å². The number of nitro groups is 1. The quantitative estimate of drug-likeness (QED) is 0.171. The predicted octanol–water partition coefficient (Wildman–Crippen LogP) is 5.91. The summed E-state index contributed by atoms with van der Waals surface area (Å²) in [5.41, 5.74) is -0.898. The fraction of sp³-hybridized carbons (Fsp3) is 0.0909. The van der Waals surface area contributed by atoms with E-state index >= 15 is 0 Å². The van der Waals surface area contributed by atoms with Crippen molar-refractivity contribution in [2.45, 2.75) is 13.8 Å². The van der Waals surface area contributed by atoms with E-state index in [-0.39, 0.29) is 22.0 Å². The van der Waals surface area contributed by atoms with Crippen LogP contribution in [0.15, 0.2) is 46.9 Å². The normalized spacial score (nSPS) is 10.9. The fourth-order valence-corrected chi connectivity index (χ4v) is 4.27. The number of esters is 1.